The minimum absolute atomic E-state index is 0.0498. The summed E-state index contributed by atoms with van der Waals surface area (Å²) in [7, 11) is 1.34. The first kappa shape index (κ1) is 26.4. The second-order valence-electron chi connectivity index (χ2n) is 7.64. The van der Waals surface area contributed by atoms with Crippen molar-refractivity contribution in [2.24, 2.45) is 0 Å². The van der Waals surface area contributed by atoms with Gasteiger partial charge >= 0.3 is 12.4 Å². The van der Waals surface area contributed by atoms with Gasteiger partial charge in [0.25, 0.3) is 5.91 Å². The molecule has 3 rings (SSSR count). The van der Waals surface area contributed by atoms with Crippen LogP contribution < -0.4 is 10.6 Å². The lowest BCUT2D eigenvalue weighted by Gasteiger charge is -2.32. The Kier molecular flexibility index (Phi) is 7.65. The number of carbonyl (C=O) groups is 1. The minimum Gasteiger partial charge on any atom is -0.336 e. The molecule has 0 spiro atoms. The summed E-state index contributed by atoms with van der Waals surface area (Å²) in [6.07, 6.45) is -10.3. The fourth-order valence-corrected chi connectivity index (χ4v) is 3.26. The SMILES string of the molecule is CC(NC(Nc1cc(C(F)(F)F)[nH]n1)N(C)C(=O)c1ccc(C(F)(F)F)cc1)c1ccc(Cl)cc1. The van der Waals surface area contributed by atoms with E-state index in [1.54, 1.807) is 31.2 Å². The smallest absolute Gasteiger partial charge is 0.336 e. The Balaban J connectivity index is 1.86. The molecule has 2 atom stereocenters. The number of halogens is 7. The molecule has 3 N–H and O–H groups in total. The van der Waals surface area contributed by atoms with Crippen molar-refractivity contribution in [1.82, 2.24) is 20.4 Å². The van der Waals surface area contributed by atoms with Crippen LogP contribution in [0.4, 0.5) is 32.2 Å². The third-order valence-electron chi connectivity index (χ3n) is 5.11. The van der Waals surface area contributed by atoms with E-state index in [9.17, 15) is 31.1 Å². The number of aromatic amines is 1. The molecule has 6 nitrogen and oxygen atoms in total. The zero-order chi connectivity index (χ0) is 26.0. The third-order valence-corrected chi connectivity index (χ3v) is 5.36. The molecule has 0 saturated heterocycles. The Hall–Kier alpha value is -3.25. The molecular formula is C22H20ClF6N5O. The highest BCUT2D eigenvalue weighted by Gasteiger charge is 2.34. The van der Waals surface area contributed by atoms with Gasteiger partial charge in [-0.1, -0.05) is 23.7 Å². The van der Waals surface area contributed by atoms with Gasteiger partial charge in [0, 0.05) is 29.7 Å². The van der Waals surface area contributed by atoms with Crippen molar-refractivity contribution in [3.63, 3.8) is 0 Å². The number of carbonyl (C=O) groups excluding carboxylic acids is 1. The third kappa shape index (κ3) is 6.67. The highest BCUT2D eigenvalue weighted by Crippen LogP contribution is 2.30. The lowest BCUT2D eigenvalue weighted by Crippen LogP contribution is -2.52. The van der Waals surface area contributed by atoms with Crippen molar-refractivity contribution in [2.45, 2.75) is 31.6 Å². The number of aromatic nitrogens is 2. The average Bonchev–Trinajstić information content (AvgIpc) is 3.27. The number of amides is 1. The number of nitrogens with one attached hydrogen (secondary N) is 3. The van der Waals surface area contributed by atoms with Gasteiger partial charge in [0.05, 0.1) is 5.56 Å². The summed E-state index contributed by atoms with van der Waals surface area (Å²) in [4.78, 5) is 14.1. The number of H-pyrrole nitrogens is 1. The normalized spacial score (nSPS) is 13.9. The van der Waals surface area contributed by atoms with Crippen LogP contribution in [0.15, 0.2) is 54.6 Å². The van der Waals surface area contributed by atoms with Crippen LogP contribution in [0, 0.1) is 0 Å². The van der Waals surface area contributed by atoms with Crippen LogP contribution in [0.5, 0.6) is 0 Å². The zero-order valence-electron chi connectivity index (χ0n) is 18.3. The molecule has 0 saturated carbocycles. The standard InChI is InChI=1S/C22H20ClF6N5O/c1-12(13-5-9-16(23)10-6-13)30-20(31-18-11-17(32-33-18)22(27,28)29)34(2)19(35)14-3-7-15(8-4-14)21(24,25)26/h3-12,20,30H,1-2H3,(H2,31,32,33). The van der Waals surface area contributed by atoms with E-state index in [1.165, 1.54) is 7.05 Å². The van der Waals surface area contributed by atoms with Gasteiger partial charge in [-0.05, 0) is 48.9 Å². The van der Waals surface area contributed by atoms with Crippen LogP contribution in [-0.2, 0) is 12.4 Å². The molecule has 0 radical (unpaired) electrons. The molecule has 2 aromatic carbocycles. The lowest BCUT2D eigenvalue weighted by molar-refractivity contribution is -0.141. The van der Waals surface area contributed by atoms with Crippen molar-refractivity contribution in [3.8, 4) is 0 Å². The number of rotatable bonds is 7. The Morgan fingerprint density at radius 3 is 2.11 bits per heavy atom. The molecule has 188 valence electrons. The van der Waals surface area contributed by atoms with Crippen LogP contribution >= 0.6 is 11.6 Å². The Morgan fingerprint density at radius 1 is 1.00 bits per heavy atom. The van der Waals surface area contributed by atoms with Gasteiger partial charge in [0.1, 0.15) is 5.69 Å². The van der Waals surface area contributed by atoms with Gasteiger partial charge in [-0.15, -0.1) is 0 Å². The van der Waals surface area contributed by atoms with Crippen LogP contribution in [0.2, 0.25) is 5.02 Å². The van der Waals surface area contributed by atoms with Crippen LogP contribution in [0.25, 0.3) is 0 Å². The molecule has 13 heteroatoms. The first-order chi connectivity index (χ1) is 16.3. The highest BCUT2D eigenvalue weighted by atomic mass is 35.5. The van der Waals surface area contributed by atoms with Crippen LogP contribution in [0.1, 0.15) is 40.1 Å². The molecule has 1 aromatic heterocycles. The van der Waals surface area contributed by atoms with Gasteiger partial charge in [-0.2, -0.15) is 31.4 Å². The van der Waals surface area contributed by atoms with Crippen LogP contribution in [-0.4, -0.2) is 34.3 Å². The summed E-state index contributed by atoms with van der Waals surface area (Å²) >= 11 is 5.91. The van der Waals surface area contributed by atoms with E-state index in [0.717, 1.165) is 40.8 Å². The lowest BCUT2D eigenvalue weighted by atomic mass is 10.1. The number of hydrogen-bond acceptors (Lipinski definition) is 4. The molecule has 1 amide bonds. The summed E-state index contributed by atoms with van der Waals surface area (Å²) in [5, 5.41) is 11.8. The molecule has 0 bridgehead atoms. The Bertz CT molecular complexity index is 1140. The largest absolute Gasteiger partial charge is 0.432 e. The van der Waals surface area contributed by atoms with Gasteiger partial charge in [0.15, 0.2) is 12.1 Å². The van der Waals surface area contributed by atoms with Crippen molar-refractivity contribution in [3.05, 3.63) is 82.0 Å². The highest BCUT2D eigenvalue weighted by molar-refractivity contribution is 6.30. The number of nitrogens with zero attached hydrogens (tertiary/aromatic N) is 2. The van der Waals surface area contributed by atoms with Crippen molar-refractivity contribution in [2.75, 3.05) is 12.4 Å². The monoisotopic (exact) mass is 519 g/mol. The second-order valence-corrected chi connectivity index (χ2v) is 8.08. The maximum atomic E-state index is 13.0. The Labute approximate surface area is 201 Å². The summed E-state index contributed by atoms with van der Waals surface area (Å²) < 4.78 is 77.4. The summed E-state index contributed by atoms with van der Waals surface area (Å²) in [5.74, 6) is -0.885. The zero-order valence-corrected chi connectivity index (χ0v) is 19.1. The first-order valence-electron chi connectivity index (χ1n) is 10.1. The molecule has 3 aromatic rings. The topological polar surface area (TPSA) is 73.0 Å². The van der Waals surface area contributed by atoms with E-state index >= 15 is 0 Å². The average molecular weight is 520 g/mol. The van der Waals surface area contributed by atoms with Crippen LogP contribution in [0.3, 0.4) is 0 Å². The first-order valence-corrected chi connectivity index (χ1v) is 10.5. The molecular weight excluding hydrogens is 500 g/mol. The summed E-state index contributed by atoms with van der Waals surface area (Å²) in [5.41, 5.74) is -1.31. The second kappa shape index (κ2) is 10.2. The molecule has 1 heterocycles. The minimum atomic E-state index is -4.66. The molecule has 0 aliphatic heterocycles. The summed E-state index contributed by atoms with van der Waals surface area (Å²) in [6, 6.07) is 10.7. The van der Waals surface area contributed by atoms with Gasteiger partial charge < -0.3 is 10.2 Å². The molecule has 0 aliphatic rings. The molecule has 0 fully saturated rings. The summed E-state index contributed by atoms with van der Waals surface area (Å²) in [6.45, 7) is 1.75. The van der Waals surface area contributed by atoms with E-state index in [2.05, 4.69) is 15.7 Å². The maximum absolute atomic E-state index is 13.0. The fraction of sp³-hybridized carbons (Fsp3) is 0.273. The molecule has 35 heavy (non-hydrogen) atoms. The maximum Gasteiger partial charge on any atom is 0.432 e. The Morgan fingerprint density at radius 2 is 1.60 bits per heavy atom. The number of hydrogen-bond donors (Lipinski definition) is 3. The van der Waals surface area contributed by atoms with E-state index in [1.807, 2.05) is 5.10 Å². The predicted molar refractivity (Wildman–Crippen MR) is 118 cm³/mol. The van der Waals surface area contributed by atoms with Crippen molar-refractivity contribution < 1.29 is 31.1 Å². The van der Waals surface area contributed by atoms with Gasteiger partial charge in [-0.25, -0.2) is 0 Å². The fourth-order valence-electron chi connectivity index (χ4n) is 3.14. The molecule has 0 aliphatic carbocycles. The van der Waals surface area contributed by atoms with Gasteiger partial charge in [0.2, 0.25) is 0 Å². The van der Waals surface area contributed by atoms with Gasteiger partial charge in [-0.3, -0.25) is 15.2 Å². The molecule has 2 unspecified atom stereocenters. The predicted octanol–water partition coefficient (Wildman–Crippen LogP) is 5.92. The van der Waals surface area contributed by atoms with Crippen molar-refractivity contribution in [1.29, 1.82) is 0 Å². The van der Waals surface area contributed by atoms with E-state index < -0.39 is 41.8 Å². The quantitative estimate of drug-likeness (QED) is 0.268. The number of alkyl halides is 6. The van der Waals surface area contributed by atoms with E-state index in [-0.39, 0.29) is 11.4 Å². The van der Waals surface area contributed by atoms with E-state index in [0.29, 0.717) is 5.02 Å². The number of benzene rings is 2. The van der Waals surface area contributed by atoms with Crippen molar-refractivity contribution >= 4 is 23.3 Å². The number of anilines is 1. The van der Waals surface area contributed by atoms with E-state index in [4.69, 9.17) is 11.6 Å².